The summed E-state index contributed by atoms with van der Waals surface area (Å²) >= 11 is 0. The fourth-order valence-electron chi connectivity index (χ4n) is 4.12. The van der Waals surface area contributed by atoms with Crippen molar-refractivity contribution in [3.8, 4) is 5.69 Å². The van der Waals surface area contributed by atoms with E-state index in [0.29, 0.717) is 11.2 Å². The Morgan fingerprint density at radius 2 is 2.00 bits per heavy atom. The predicted molar refractivity (Wildman–Crippen MR) is 125 cm³/mol. The lowest BCUT2D eigenvalue weighted by atomic mass is 10.1. The molecule has 15 heteroatoms. The monoisotopic (exact) mass is 510 g/mol. The fourth-order valence-corrected chi connectivity index (χ4v) is 5.41. The highest BCUT2D eigenvalue weighted by molar-refractivity contribution is 7.89. The number of nitrogen functional groups attached to an aromatic ring is 1. The zero-order valence-electron chi connectivity index (χ0n) is 18.4. The highest BCUT2D eigenvalue weighted by atomic mass is 32.2. The number of carbonyl (C=O) groups is 2. The van der Waals surface area contributed by atoms with Crippen LogP contribution in [-0.4, -0.2) is 65.5 Å². The number of nitrogens with zero attached hydrogens (tertiary/aromatic N) is 5. The van der Waals surface area contributed by atoms with Crippen LogP contribution in [0.2, 0.25) is 0 Å². The van der Waals surface area contributed by atoms with E-state index < -0.39 is 34.0 Å². The Hall–Kier alpha value is -4.34. The van der Waals surface area contributed by atoms with Gasteiger partial charge >= 0.3 is 0 Å². The van der Waals surface area contributed by atoms with Crippen molar-refractivity contribution in [1.82, 2.24) is 24.6 Å². The molecule has 0 spiro atoms. The Morgan fingerprint density at radius 3 is 2.81 bits per heavy atom. The summed E-state index contributed by atoms with van der Waals surface area (Å²) in [5.41, 5.74) is 6.80. The van der Waals surface area contributed by atoms with Crippen molar-refractivity contribution in [3.63, 3.8) is 0 Å². The molecule has 1 saturated heterocycles. The number of ether oxygens (including phenoxy) is 1. The third kappa shape index (κ3) is 3.57. The Balaban J connectivity index is 1.26. The molecular weight excluding hydrogens is 492 g/mol. The van der Waals surface area contributed by atoms with E-state index in [-0.39, 0.29) is 35.1 Å². The number of amides is 1. The van der Waals surface area contributed by atoms with E-state index in [2.05, 4.69) is 25.3 Å². The summed E-state index contributed by atoms with van der Waals surface area (Å²) in [6.45, 7) is 0.228. The average molecular weight is 510 g/mol. The SMILES string of the molecule is Nc1noc2cc3c(cc12)S(=O)(=O)NC(C(=O)C1OCCN(c2ccn(-c4ccncc4)n2)C1=O)N3. The molecule has 1 amide bonds. The molecular formula is C21H18N8O6S. The van der Waals surface area contributed by atoms with Gasteiger partial charge in [0.15, 0.2) is 29.5 Å². The number of aromatic nitrogens is 4. The molecule has 0 saturated carbocycles. The molecule has 184 valence electrons. The van der Waals surface area contributed by atoms with Crippen LogP contribution in [0.1, 0.15) is 0 Å². The smallest absolute Gasteiger partial charge is 0.265 e. The number of benzene rings is 1. The van der Waals surface area contributed by atoms with Gasteiger partial charge in [-0.05, 0) is 18.2 Å². The standard InChI is InChI=1S/C21H18N8O6S/c22-19-12-9-15-13(10-14(12)35-26-19)24-20(27-36(15,32)33)17(30)18-21(31)28(7-8-34-18)16-3-6-29(25-16)11-1-4-23-5-2-11/h1-6,9-10,18,20,24,27H,7-8H2,(H2,22,26). The lowest BCUT2D eigenvalue weighted by Crippen LogP contribution is -2.59. The molecule has 1 aromatic carbocycles. The van der Waals surface area contributed by atoms with Crippen molar-refractivity contribution in [3.05, 3.63) is 48.9 Å². The second-order valence-corrected chi connectivity index (χ2v) is 9.76. The van der Waals surface area contributed by atoms with Crippen LogP contribution in [0.25, 0.3) is 16.7 Å². The molecule has 1 fully saturated rings. The zero-order valence-corrected chi connectivity index (χ0v) is 19.2. The summed E-state index contributed by atoms with van der Waals surface area (Å²) < 4.78 is 40.2. The van der Waals surface area contributed by atoms with Crippen LogP contribution in [-0.2, 0) is 24.3 Å². The summed E-state index contributed by atoms with van der Waals surface area (Å²) in [7, 11) is -4.13. The number of nitrogens with two attached hydrogens (primary N) is 1. The number of fused-ring (bicyclic) bond motifs is 2. The fraction of sp³-hybridized carbons (Fsp3) is 0.190. The number of carbonyl (C=O) groups excluding carboxylic acids is 2. The molecule has 0 aliphatic carbocycles. The zero-order chi connectivity index (χ0) is 25.0. The highest BCUT2D eigenvalue weighted by Crippen LogP contribution is 2.33. The molecule has 3 aromatic heterocycles. The Labute approximate surface area is 203 Å². The molecule has 2 atom stereocenters. The molecule has 2 aliphatic heterocycles. The maximum absolute atomic E-state index is 13.3. The molecule has 6 rings (SSSR count). The summed E-state index contributed by atoms with van der Waals surface area (Å²) in [6, 6.07) is 7.83. The van der Waals surface area contributed by atoms with Gasteiger partial charge in [0, 0.05) is 30.7 Å². The van der Waals surface area contributed by atoms with Crippen LogP contribution >= 0.6 is 0 Å². The number of rotatable bonds is 4. The van der Waals surface area contributed by atoms with Crippen molar-refractivity contribution in [1.29, 1.82) is 0 Å². The van der Waals surface area contributed by atoms with Crippen molar-refractivity contribution in [2.45, 2.75) is 17.2 Å². The number of hydrogen-bond acceptors (Lipinski definition) is 11. The van der Waals surface area contributed by atoms with Crippen molar-refractivity contribution < 1.29 is 27.3 Å². The first-order chi connectivity index (χ1) is 17.3. The maximum atomic E-state index is 13.3. The normalized spacial score (nSPS) is 21.2. The lowest BCUT2D eigenvalue weighted by molar-refractivity contribution is -0.146. The Morgan fingerprint density at radius 1 is 1.19 bits per heavy atom. The topological polar surface area (TPSA) is 188 Å². The quantitative estimate of drug-likeness (QED) is 0.314. The molecule has 0 radical (unpaired) electrons. The summed E-state index contributed by atoms with van der Waals surface area (Å²) in [4.78, 5) is 31.7. The van der Waals surface area contributed by atoms with E-state index in [4.69, 9.17) is 15.0 Å². The minimum atomic E-state index is -4.13. The van der Waals surface area contributed by atoms with Crippen LogP contribution in [0.5, 0.6) is 0 Å². The van der Waals surface area contributed by atoms with Crippen LogP contribution < -0.4 is 20.7 Å². The van der Waals surface area contributed by atoms with Gasteiger partial charge in [-0.25, -0.2) is 13.1 Å². The molecule has 36 heavy (non-hydrogen) atoms. The van der Waals surface area contributed by atoms with E-state index in [9.17, 15) is 18.0 Å². The van der Waals surface area contributed by atoms with Gasteiger partial charge in [-0.15, -0.1) is 5.10 Å². The molecule has 5 heterocycles. The van der Waals surface area contributed by atoms with E-state index in [0.717, 1.165) is 5.69 Å². The third-order valence-electron chi connectivity index (χ3n) is 5.87. The second-order valence-electron chi connectivity index (χ2n) is 8.08. The molecule has 14 nitrogen and oxygen atoms in total. The summed E-state index contributed by atoms with van der Waals surface area (Å²) in [5, 5.41) is 11.2. The number of sulfonamides is 1. The van der Waals surface area contributed by atoms with Gasteiger partial charge in [-0.3, -0.25) is 19.5 Å². The average Bonchev–Trinajstić information content (AvgIpc) is 3.50. The van der Waals surface area contributed by atoms with Crippen LogP contribution in [0.4, 0.5) is 17.3 Å². The van der Waals surface area contributed by atoms with Crippen LogP contribution in [0.15, 0.2) is 58.3 Å². The minimum absolute atomic E-state index is 0.0360. The van der Waals surface area contributed by atoms with Gasteiger partial charge in [0.05, 0.1) is 29.9 Å². The minimum Gasteiger partial charge on any atom is -0.380 e. The highest BCUT2D eigenvalue weighted by Gasteiger charge is 2.43. The van der Waals surface area contributed by atoms with E-state index in [1.54, 1.807) is 41.5 Å². The number of pyridine rings is 1. The largest absolute Gasteiger partial charge is 0.380 e. The van der Waals surface area contributed by atoms with Gasteiger partial charge in [-0.2, -0.15) is 4.72 Å². The Kier molecular flexibility index (Phi) is 4.99. The summed E-state index contributed by atoms with van der Waals surface area (Å²) in [5.74, 6) is -1.10. The van der Waals surface area contributed by atoms with Gasteiger partial charge in [0.25, 0.3) is 5.91 Å². The van der Waals surface area contributed by atoms with E-state index in [1.807, 2.05) is 0 Å². The first kappa shape index (κ1) is 22.1. The Bertz CT molecular complexity index is 1620. The summed E-state index contributed by atoms with van der Waals surface area (Å²) in [6.07, 6.45) is 1.91. The molecule has 2 unspecified atom stereocenters. The van der Waals surface area contributed by atoms with Crippen molar-refractivity contribution in [2.75, 3.05) is 29.1 Å². The number of nitrogens with one attached hydrogen (secondary N) is 2. The van der Waals surface area contributed by atoms with E-state index >= 15 is 0 Å². The first-order valence-electron chi connectivity index (χ1n) is 10.7. The van der Waals surface area contributed by atoms with Gasteiger partial charge in [0.1, 0.15) is 4.90 Å². The van der Waals surface area contributed by atoms with E-state index in [1.165, 1.54) is 17.0 Å². The maximum Gasteiger partial charge on any atom is 0.265 e. The molecule has 4 N–H and O–H groups in total. The number of morpholine rings is 1. The number of anilines is 3. The van der Waals surface area contributed by atoms with Crippen LogP contribution in [0.3, 0.4) is 0 Å². The van der Waals surface area contributed by atoms with Gasteiger partial charge in [-0.1, -0.05) is 5.16 Å². The van der Waals surface area contributed by atoms with Crippen molar-refractivity contribution >= 4 is 50.0 Å². The number of Topliss-reactive ketones (excluding diaryl/α,β-unsaturated/α-hetero) is 1. The van der Waals surface area contributed by atoms with Gasteiger partial charge in [0.2, 0.25) is 15.8 Å². The number of hydrogen-bond donors (Lipinski definition) is 3. The molecule has 4 aromatic rings. The predicted octanol–water partition coefficient (Wildman–Crippen LogP) is 0.0217. The molecule has 2 aliphatic rings. The lowest BCUT2D eigenvalue weighted by Gasteiger charge is -2.33. The van der Waals surface area contributed by atoms with Gasteiger partial charge < -0.3 is 20.3 Å². The third-order valence-corrected chi connectivity index (χ3v) is 7.34. The number of ketones is 1. The second kappa shape index (κ2) is 8.11. The molecule has 0 bridgehead atoms. The van der Waals surface area contributed by atoms with Crippen LogP contribution in [0, 0.1) is 0 Å². The first-order valence-corrected chi connectivity index (χ1v) is 12.2. The van der Waals surface area contributed by atoms with Crippen molar-refractivity contribution in [2.24, 2.45) is 0 Å².